The van der Waals surface area contributed by atoms with Crippen molar-refractivity contribution >= 4 is 22.5 Å². The lowest BCUT2D eigenvalue weighted by Crippen LogP contribution is -1.94. The van der Waals surface area contributed by atoms with Gasteiger partial charge in [0.2, 0.25) is 0 Å². The van der Waals surface area contributed by atoms with Crippen LogP contribution in [0.25, 0.3) is 10.9 Å². The molecule has 0 fully saturated rings. The smallest absolute Gasteiger partial charge is 0.148 e. The largest absolute Gasteiger partial charge is 0.455 e. The molecule has 0 saturated heterocycles. The molecule has 0 amide bonds. The van der Waals surface area contributed by atoms with Crippen molar-refractivity contribution in [3.8, 4) is 11.5 Å². The number of aryl methyl sites for hydroxylation is 1. The molecule has 1 aromatic carbocycles. The second-order valence-electron chi connectivity index (χ2n) is 4.45. The van der Waals surface area contributed by atoms with Crippen LogP contribution < -0.4 is 4.74 Å². The van der Waals surface area contributed by atoms with Gasteiger partial charge in [-0.15, -0.1) is 11.6 Å². The van der Waals surface area contributed by atoms with Crippen molar-refractivity contribution in [1.82, 2.24) is 9.97 Å². The van der Waals surface area contributed by atoms with Crippen LogP contribution in [0, 0.1) is 6.92 Å². The zero-order valence-electron chi connectivity index (χ0n) is 11.0. The molecule has 3 aromatic rings. The lowest BCUT2D eigenvalue weighted by molar-refractivity contribution is 0.480. The predicted molar refractivity (Wildman–Crippen MR) is 80.3 cm³/mol. The summed E-state index contributed by atoms with van der Waals surface area (Å²) >= 11 is 5.90. The molecule has 0 saturated carbocycles. The molecule has 20 heavy (non-hydrogen) atoms. The fourth-order valence-electron chi connectivity index (χ4n) is 2.04. The number of para-hydroxylation sites is 1. The summed E-state index contributed by atoms with van der Waals surface area (Å²) < 4.78 is 6.00. The Hall–Kier alpha value is -2.13. The Labute approximate surface area is 122 Å². The van der Waals surface area contributed by atoms with Gasteiger partial charge in [-0.25, -0.2) is 0 Å². The highest BCUT2D eigenvalue weighted by molar-refractivity contribution is 6.17. The second kappa shape index (κ2) is 5.47. The van der Waals surface area contributed by atoms with E-state index in [1.807, 2.05) is 49.4 Å². The summed E-state index contributed by atoms with van der Waals surface area (Å²) in [4.78, 5) is 8.72. The third-order valence-electron chi connectivity index (χ3n) is 3.05. The van der Waals surface area contributed by atoms with Crippen molar-refractivity contribution in [3.63, 3.8) is 0 Å². The van der Waals surface area contributed by atoms with Crippen molar-refractivity contribution < 1.29 is 4.74 Å². The van der Waals surface area contributed by atoms with Gasteiger partial charge in [-0.1, -0.05) is 12.1 Å². The van der Waals surface area contributed by atoms with Crippen LogP contribution in [0.2, 0.25) is 0 Å². The third kappa shape index (κ3) is 2.45. The Morgan fingerprint density at radius 1 is 1.10 bits per heavy atom. The van der Waals surface area contributed by atoms with Gasteiger partial charge in [0.25, 0.3) is 0 Å². The molecule has 0 N–H and O–H groups in total. The molecule has 4 heteroatoms. The number of fused-ring (bicyclic) bond motifs is 1. The standard InChI is InChI=1S/C16H13ClN2O/c1-11-15(7-4-8-18-11)20-16-9-12(10-17)19-14-6-3-2-5-13(14)16/h2-9H,10H2,1H3. The van der Waals surface area contributed by atoms with E-state index in [2.05, 4.69) is 9.97 Å². The average molecular weight is 285 g/mol. The Bertz CT molecular complexity index is 758. The van der Waals surface area contributed by atoms with Crippen molar-refractivity contribution in [3.05, 3.63) is 60.0 Å². The Morgan fingerprint density at radius 2 is 1.95 bits per heavy atom. The van der Waals surface area contributed by atoms with Gasteiger partial charge in [0.15, 0.2) is 0 Å². The molecule has 0 radical (unpaired) electrons. The molecule has 0 aliphatic carbocycles. The van der Waals surface area contributed by atoms with Gasteiger partial charge < -0.3 is 4.74 Å². The molecule has 0 aliphatic heterocycles. The molecule has 3 nitrogen and oxygen atoms in total. The topological polar surface area (TPSA) is 35.0 Å². The molecule has 0 aliphatic rings. The minimum absolute atomic E-state index is 0.354. The van der Waals surface area contributed by atoms with Gasteiger partial charge in [-0.2, -0.15) is 0 Å². The summed E-state index contributed by atoms with van der Waals surface area (Å²) in [6, 6.07) is 13.5. The van der Waals surface area contributed by atoms with Crippen LogP contribution in [0.15, 0.2) is 48.7 Å². The monoisotopic (exact) mass is 284 g/mol. The van der Waals surface area contributed by atoms with Crippen LogP contribution in [0.5, 0.6) is 11.5 Å². The van der Waals surface area contributed by atoms with Crippen LogP contribution in [-0.2, 0) is 5.88 Å². The summed E-state index contributed by atoms with van der Waals surface area (Å²) in [5.74, 6) is 1.85. The highest BCUT2D eigenvalue weighted by atomic mass is 35.5. The van der Waals surface area contributed by atoms with E-state index in [1.165, 1.54) is 0 Å². The predicted octanol–water partition coefficient (Wildman–Crippen LogP) is 4.47. The van der Waals surface area contributed by atoms with Gasteiger partial charge in [-0.05, 0) is 31.2 Å². The number of hydrogen-bond acceptors (Lipinski definition) is 3. The first-order valence-electron chi connectivity index (χ1n) is 6.32. The molecule has 3 rings (SSSR count). The number of alkyl halides is 1. The van der Waals surface area contributed by atoms with E-state index in [0.717, 1.165) is 33.8 Å². The molecule has 100 valence electrons. The van der Waals surface area contributed by atoms with Crippen LogP contribution >= 0.6 is 11.6 Å². The van der Waals surface area contributed by atoms with Crippen molar-refractivity contribution in [2.45, 2.75) is 12.8 Å². The Kier molecular flexibility index (Phi) is 3.52. The van der Waals surface area contributed by atoms with Crippen LogP contribution in [0.1, 0.15) is 11.4 Å². The minimum Gasteiger partial charge on any atom is -0.455 e. The molecule has 0 unspecified atom stereocenters. The SMILES string of the molecule is Cc1ncccc1Oc1cc(CCl)nc2ccccc12. The Morgan fingerprint density at radius 3 is 2.75 bits per heavy atom. The van der Waals surface area contributed by atoms with Crippen molar-refractivity contribution in [1.29, 1.82) is 0 Å². The highest BCUT2D eigenvalue weighted by Crippen LogP contribution is 2.31. The third-order valence-corrected chi connectivity index (χ3v) is 3.32. The van der Waals surface area contributed by atoms with Crippen LogP contribution in [-0.4, -0.2) is 9.97 Å². The molecule has 0 atom stereocenters. The van der Waals surface area contributed by atoms with Gasteiger partial charge in [0.1, 0.15) is 11.5 Å². The fourth-order valence-corrected chi connectivity index (χ4v) is 2.18. The Balaban J connectivity index is 2.13. The number of rotatable bonds is 3. The van der Waals surface area contributed by atoms with E-state index in [-0.39, 0.29) is 0 Å². The number of benzene rings is 1. The maximum Gasteiger partial charge on any atom is 0.148 e. The van der Waals surface area contributed by atoms with E-state index < -0.39 is 0 Å². The quantitative estimate of drug-likeness (QED) is 0.666. The molecule has 0 spiro atoms. The minimum atomic E-state index is 0.354. The summed E-state index contributed by atoms with van der Waals surface area (Å²) in [5, 5.41) is 0.963. The van der Waals surface area contributed by atoms with E-state index in [0.29, 0.717) is 5.88 Å². The van der Waals surface area contributed by atoms with E-state index in [4.69, 9.17) is 16.3 Å². The highest BCUT2D eigenvalue weighted by Gasteiger charge is 2.09. The van der Waals surface area contributed by atoms with Gasteiger partial charge in [0, 0.05) is 17.6 Å². The maximum atomic E-state index is 6.00. The number of pyridine rings is 2. The van der Waals surface area contributed by atoms with Gasteiger partial charge in [-0.3, -0.25) is 9.97 Å². The summed E-state index contributed by atoms with van der Waals surface area (Å²) in [6.45, 7) is 1.92. The fraction of sp³-hybridized carbons (Fsp3) is 0.125. The number of aromatic nitrogens is 2. The molecular weight excluding hydrogens is 272 g/mol. The molecule has 0 bridgehead atoms. The number of hydrogen-bond donors (Lipinski definition) is 0. The van der Waals surface area contributed by atoms with Crippen LogP contribution in [0.4, 0.5) is 0 Å². The average Bonchev–Trinajstić information content (AvgIpc) is 2.49. The van der Waals surface area contributed by atoms with Crippen molar-refractivity contribution in [2.24, 2.45) is 0 Å². The zero-order chi connectivity index (χ0) is 13.9. The molecular formula is C16H13ClN2O. The summed E-state index contributed by atoms with van der Waals surface area (Å²) in [6.07, 6.45) is 1.75. The van der Waals surface area contributed by atoms with E-state index in [1.54, 1.807) is 6.20 Å². The molecule has 2 aromatic heterocycles. The molecule has 2 heterocycles. The van der Waals surface area contributed by atoms with E-state index in [9.17, 15) is 0 Å². The van der Waals surface area contributed by atoms with E-state index >= 15 is 0 Å². The number of halogens is 1. The lowest BCUT2D eigenvalue weighted by atomic mass is 10.2. The van der Waals surface area contributed by atoms with Crippen LogP contribution in [0.3, 0.4) is 0 Å². The lowest BCUT2D eigenvalue weighted by Gasteiger charge is -2.11. The first-order valence-corrected chi connectivity index (χ1v) is 6.85. The van der Waals surface area contributed by atoms with Crippen molar-refractivity contribution in [2.75, 3.05) is 0 Å². The summed E-state index contributed by atoms with van der Waals surface area (Å²) in [5.41, 5.74) is 2.52. The maximum absolute atomic E-state index is 6.00. The zero-order valence-corrected chi connectivity index (χ0v) is 11.8. The van der Waals surface area contributed by atoms with Gasteiger partial charge >= 0.3 is 0 Å². The first kappa shape index (κ1) is 12.9. The summed E-state index contributed by atoms with van der Waals surface area (Å²) in [7, 11) is 0. The number of nitrogens with zero attached hydrogens (tertiary/aromatic N) is 2. The first-order chi connectivity index (χ1) is 9.78. The number of ether oxygens (including phenoxy) is 1. The normalized spacial score (nSPS) is 10.7. The second-order valence-corrected chi connectivity index (χ2v) is 4.72. The van der Waals surface area contributed by atoms with Gasteiger partial charge in [0.05, 0.1) is 22.8 Å².